The quantitative estimate of drug-likeness (QED) is 0.378. The Morgan fingerprint density at radius 1 is 1.08 bits per heavy atom. The van der Waals surface area contributed by atoms with Crippen LogP contribution in [0.3, 0.4) is 0 Å². The minimum atomic E-state index is -4.63. The first kappa shape index (κ1) is 26.9. The third kappa shape index (κ3) is 5.54. The van der Waals surface area contributed by atoms with Crippen molar-refractivity contribution < 1.29 is 26.4 Å². The van der Waals surface area contributed by atoms with Crippen LogP contribution in [0.1, 0.15) is 32.9 Å². The zero-order valence-electron chi connectivity index (χ0n) is 20.6. The maximum Gasteiger partial charge on any atom is 0.416 e. The molecule has 38 heavy (non-hydrogen) atoms. The van der Waals surface area contributed by atoms with E-state index in [1.807, 2.05) is 0 Å². The number of sulfone groups is 1. The van der Waals surface area contributed by atoms with E-state index in [-0.39, 0.29) is 28.4 Å². The van der Waals surface area contributed by atoms with Crippen LogP contribution in [-0.4, -0.2) is 35.1 Å². The Morgan fingerprint density at radius 2 is 1.76 bits per heavy atom. The molecule has 4 aromatic rings. The van der Waals surface area contributed by atoms with Crippen LogP contribution in [0, 0.1) is 13.8 Å². The Labute approximate surface area is 216 Å². The van der Waals surface area contributed by atoms with E-state index in [1.54, 1.807) is 20.0 Å². The van der Waals surface area contributed by atoms with Gasteiger partial charge in [0.1, 0.15) is 11.4 Å². The van der Waals surface area contributed by atoms with Crippen LogP contribution in [0.4, 0.5) is 13.2 Å². The van der Waals surface area contributed by atoms with Crippen LogP contribution >= 0.6 is 0 Å². The van der Waals surface area contributed by atoms with Gasteiger partial charge in [-0.2, -0.15) is 13.2 Å². The fourth-order valence-corrected chi connectivity index (χ4v) is 4.55. The van der Waals surface area contributed by atoms with Crippen LogP contribution in [-0.2, 0) is 22.6 Å². The molecule has 0 radical (unpaired) electrons. The number of carbonyl (C=O) groups is 1. The van der Waals surface area contributed by atoms with Gasteiger partial charge < -0.3 is 10.3 Å². The Hall–Kier alpha value is -4.19. The lowest BCUT2D eigenvalue weighted by atomic mass is 10.1. The van der Waals surface area contributed by atoms with E-state index in [0.717, 1.165) is 23.0 Å². The van der Waals surface area contributed by atoms with Crippen molar-refractivity contribution in [2.75, 3.05) is 6.26 Å². The number of H-pyrrole nitrogens is 1. The number of nitrogens with zero attached hydrogens (tertiary/aromatic N) is 2. The molecule has 1 amide bonds. The van der Waals surface area contributed by atoms with Crippen LogP contribution in [0.2, 0.25) is 0 Å². The zero-order chi connectivity index (χ0) is 27.8. The molecule has 0 fully saturated rings. The Balaban J connectivity index is 1.77. The third-order valence-corrected chi connectivity index (χ3v) is 7.01. The number of aryl methyl sites for hydroxylation is 1. The third-order valence-electron chi connectivity index (χ3n) is 5.89. The highest BCUT2D eigenvalue weighted by Gasteiger charge is 2.31. The van der Waals surface area contributed by atoms with Gasteiger partial charge in [0.05, 0.1) is 10.5 Å². The fraction of sp³-hybridized carbons (Fsp3) is 0.192. The van der Waals surface area contributed by atoms with E-state index in [2.05, 4.69) is 15.3 Å². The second-order valence-electron chi connectivity index (χ2n) is 8.76. The number of nitrogens with one attached hydrogen (secondary N) is 2. The molecule has 0 saturated heterocycles. The molecule has 2 N–H and O–H groups in total. The molecule has 4 rings (SSSR count). The smallest absolute Gasteiger partial charge is 0.348 e. The van der Waals surface area contributed by atoms with E-state index in [4.69, 9.17) is 0 Å². The molecule has 2 aromatic heterocycles. The lowest BCUT2D eigenvalue weighted by Gasteiger charge is -2.17. The summed E-state index contributed by atoms with van der Waals surface area (Å²) in [6.07, 6.45) is -2.00. The summed E-state index contributed by atoms with van der Waals surface area (Å²) in [7, 11) is -3.39. The normalized spacial score (nSPS) is 11.9. The number of benzene rings is 2. The highest BCUT2D eigenvalue weighted by Crippen LogP contribution is 2.31. The van der Waals surface area contributed by atoms with Crippen molar-refractivity contribution in [2.45, 2.75) is 31.5 Å². The standard InChI is InChI=1S/C26H23F3N4O4S/c1-15-13-30-23(32-15)21-12-22(24(34)31-14-17-7-9-20(10-8-17)38(3,36)37)25(35)33(16(21)2)19-6-4-5-18(11-19)26(27,28)29/h4-13H,14H2,1-3H3,(H,30,32)(H,31,34). The minimum absolute atomic E-state index is 0.0189. The molecule has 12 heteroatoms. The minimum Gasteiger partial charge on any atom is -0.348 e. The first-order valence-electron chi connectivity index (χ1n) is 11.3. The maximum atomic E-state index is 13.5. The number of alkyl halides is 3. The van der Waals surface area contributed by atoms with Gasteiger partial charge in [-0.05, 0) is 55.8 Å². The SMILES string of the molecule is Cc1cnc(-c2cc(C(=O)NCc3ccc(S(C)(=O)=O)cc3)c(=O)n(-c3cccc(C(F)(F)F)c3)c2C)[nH]1. The lowest BCUT2D eigenvalue weighted by Crippen LogP contribution is -2.33. The second-order valence-corrected chi connectivity index (χ2v) is 10.8. The van der Waals surface area contributed by atoms with Gasteiger partial charge in [-0.25, -0.2) is 13.4 Å². The number of rotatable bonds is 6. The Kier molecular flexibility index (Phi) is 7.02. The molecular weight excluding hydrogens is 521 g/mol. The molecule has 0 aliphatic rings. The van der Waals surface area contributed by atoms with Gasteiger partial charge in [-0.15, -0.1) is 0 Å². The van der Waals surface area contributed by atoms with Crippen molar-refractivity contribution >= 4 is 15.7 Å². The lowest BCUT2D eigenvalue weighted by molar-refractivity contribution is -0.137. The molecule has 2 aromatic carbocycles. The van der Waals surface area contributed by atoms with E-state index in [9.17, 15) is 31.2 Å². The first-order valence-corrected chi connectivity index (χ1v) is 13.2. The van der Waals surface area contributed by atoms with E-state index in [0.29, 0.717) is 22.6 Å². The highest BCUT2D eigenvalue weighted by molar-refractivity contribution is 7.90. The number of aromatic amines is 1. The molecule has 8 nitrogen and oxygen atoms in total. The van der Waals surface area contributed by atoms with Gasteiger partial charge in [0.2, 0.25) is 0 Å². The summed E-state index contributed by atoms with van der Waals surface area (Å²) in [6, 6.07) is 11.5. The van der Waals surface area contributed by atoms with Gasteiger partial charge in [0.15, 0.2) is 9.84 Å². The summed E-state index contributed by atoms with van der Waals surface area (Å²) < 4.78 is 64.5. The van der Waals surface area contributed by atoms with Crippen molar-refractivity contribution in [1.82, 2.24) is 19.9 Å². The van der Waals surface area contributed by atoms with E-state index in [1.165, 1.54) is 42.5 Å². The van der Waals surface area contributed by atoms with E-state index >= 15 is 0 Å². The number of carbonyl (C=O) groups excluding carboxylic acids is 1. The molecular formula is C26H23F3N4O4S. The highest BCUT2D eigenvalue weighted by atomic mass is 32.2. The first-order chi connectivity index (χ1) is 17.8. The summed E-state index contributed by atoms with van der Waals surface area (Å²) in [5, 5.41) is 2.62. The van der Waals surface area contributed by atoms with Crippen molar-refractivity contribution in [3.63, 3.8) is 0 Å². The molecule has 2 heterocycles. The van der Waals surface area contributed by atoms with Gasteiger partial charge in [0.25, 0.3) is 11.5 Å². The number of hydrogen-bond donors (Lipinski definition) is 2. The van der Waals surface area contributed by atoms with Crippen LogP contribution in [0.25, 0.3) is 17.1 Å². The van der Waals surface area contributed by atoms with Gasteiger partial charge in [-0.3, -0.25) is 14.2 Å². The average molecular weight is 545 g/mol. The van der Waals surface area contributed by atoms with Gasteiger partial charge in [0, 0.05) is 41.6 Å². The number of hydrogen-bond acceptors (Lipinski definition) is 5. The summed E-state index contributed by atoms with van der Waals surface area (Å²) in [5.41, 5.74) is -0.169. The van der Waals surface area contributed by atoms with Crippen molar-refractivity contribution in [3.05, 3.63) is 99.2 Å². The van der Waals surface area contributed by atoms with Crippen LogP contribution < -0.4 is 10.9 Å². The van der Waals surface area contributed by atoms with Crippen molar-refractivity contribution in [1.29, 1.82) is 0 Å². The summed E-state index contributed by atoms with van der Waals surface area (Å²) in [6.45, 7) is 3.30. The molecule has 0 atom stereocenters. The summed E-state index contributed by atoms with van der Waals surface area (Å²) in [5.74, 6) is -0.418. The predicted molar refractivity (Wildman–Crippen MR) is 135 cm³/mol. The molecule has 0 spiro atoms. The Bertz CT molecular complexity index is 1690. The Morgan fingerprint density at radius 3 is 2.34 bits per heavy atom. The summed E-state index contributed by atoms with van der Waals surface area (Å²) in [4.78, 5) is 34.0. The summed E-state index contributed by atoms with van der Waals surface area (Å²) >= 11 is 0. The van der Waals surface area contributed by atoms with Crippen molar-refractivity contribution in [3.8, 4) is 17.1 Å². The van der Waals surface area contributed by atoms with Crippen LogP contribution in [0.5, 0.6) is 0 Å². The number of halogens is 3. The topological polar surface area (TPSA) is 114 Å². The predicted octanol–water partition coefficient (Wildman–Crippen LogP) is 4.20. The number of pyridine rings is 1. The molecule has 0 aliphatic carbocycles. The molecule has 0 saturated carbocycles. The molecule has 0 bridgehead atoms. The monoisotopic (exact) mass is 544 g/mol. The fourth-order valence-electron chi connectivity index (χ4n) is 3.92. The van der Waals surface area contributed by atoms with Gasteiger partial charge >= 0.3 is 6.18 Å². The molecule has 0 unspecified atom stereocenters. The number of amides is 1. The van der Waals surface area contributed by atoms with E-state index < -0.39 is 33.0 Å². The van der Waals surface area contributed by atoms with Gasteiger partial charge in [-0.1, -0.05) is 18.2 Å². The largest absolute Gasteiger partial charge is 0.416 e. The number of imidazole rings is 1. The molecule has 0 aliphatic heterocycles. The van der Waals surface area contributed by atoms with Crippen molar-refractivity contribution in [2.24, 2.45) is 0 Å². The zero-order valence-corrected chi connectivity index (χ0v) is 21.4. The second kappa shape index (κ2) is 9.93. The average Bonchev–Trinajstić information content (AvgIpc) is 3.28. The van der Waals surface area contributed by atoms with Crippen LogP contribution in [0.15, 0.2) is 70.5 Å². The number of aromatic nitrogens is 3. The molecule has 198 valence electrons. The maximum absolute atomic E-state index is 13.5.